The summed E-state index contributed by atoms with van der Waals surface area (Å²) in [5.74, 6) is -0.329. The molecule has 1 aromatic carbocycles. The number of carbonyl (C=O) groups is 1. The zero-order valence-electron chi connectivity index (χ0n) is 13.2. The van der Waals surface area contributed by atoms with Gasteiger partial charge in [0.05, 0.1) is 29.9 Å². The van der Waals surface area contributed by atoms with Crippen molar-refractivity contribution >= 4 is 34.3 Å². The van der Waals surface area contributed by atoms with Crippen LogP contribution in [0.5, 0.6) is 0 Å². The number of carbonyl (C=O) groups excluding carboxylic acids is 1. The predicted octanol–water partition coefficient (Wildman–Crippen LogP) is 2.91. The normalized spacial score (nSPS) is 10.8. The Morgan fingerprint density at radius 3 is 3.04 bits per heavy atom. The topological polar surface area (TPSA) is 107 Å². The Hall–Kier alpha value is -2.81. The van der Waals surface area contributed by atoms with Crippen molar-refractivity contribution in [3.63, 3.8) is 0 Å². The molecule has 0 fully saturated rings. The lowest BCUT2D eigenvalue weighted by atomic mass is 10.1. The van der Waals surface area contributed by atoms with Crippen LogP contribution >= 0.6 is 11.3 Å². The van der Waals surface area contributed by atoms with Crippen molar-refractivity contribution in [1.29, 1.82) is 0 Å². The van der Waals surface area contributed by atoms with Crippen LogP contribution in [0.2, 0.25) is 0 Å². The van der Waals surface area contributed by atoms with Gasteiger partial charge in [-0.25, -0.2) is 4.98 Å². The van der Waals surface area contributed by atoms with Crippen LogP contribution in [0, 0.1) is 17.0 Å². The molecule has 9 heteroatoms. The Morgan fingerprint density at radius 2 is 2.33 bits per heavy atom. The molecule has 2 rings (SSSR count). The maximum atomic E-state index is 11.4. The van der Waals surface area contributed by atoms with Gasteiger partial charge in [0.25, 0.3) is 5.69 Å². The number of nitro benzene ring substituents is 1. The monoisotopic (exact) mass is 348 g/mol. The molecule has 0 radical (unpaired) electrons. The van der Waals surface area contributed by atoms with E-state index in [1.807, 2.05) is 6.92 Å². The molecule has 1 heterocycles. The zero-order chi connectivity index (χ0) is 17.5. The van der Waals surface area contributed by atoms with Gasteiger partial charge >= 0.3 is 5.97 Å². The van der Waals surface area contributed by atoms with Crippen molar-refractivity contribution in [2.45, 2.75) is 20.3 Å². The second-order valence-corrected chi connectivity index (χ2v) is 5.65. The average molecular weight is 348 g/mol. The minimum atomic E-state index is -0.452. The fraction of sp³-hybridized carbons (Fsp3) is 0.267. The van der Waals surface area contributed by atoms with Crippen molar-refractivity contribution in [2.24, 2.45) is 5.10 Å². The molecule has 1 aromatic heterocycles. The van der Waals surface area contributed by atoms with E-state index in [1.165, 1.54) is 29.7 Å². The van der Waals surface area contributed by atoms with Gasteiger partial charge in [0.2, 0.25) is 5.13 Å². The van der Waals surface area contributed by atoms with E-state index >= 15 is 0 Å². The number of aryl methyl sites for hydroxylation is 1. The van der Waals surface area contributed by atoms with Crippen LogP contribution in [-0.4, -0.2) is 28.7 Å². The summed E-state index contributed by atoms with van der Waals surface area (Å²) in [5, 5.41) is 17.1. The number of aromatic nitrogens is 1. The number of rotatable bonds is 7. The van der Waals surface area contributed by atoms with Gasteiger partial charge in [-0.05, 0) is 19.4 Å². The first-order valence-electron chi connectivity index (χ1n) is 7.13. The average Bonchev–Trinajstić information content (AvgIpc) is 2.96. The summed E-state index contributed by atoms with van der Waals surface area (Å²) in [6.07, 6.45) is 1.61. The van der Waals surface area contributed by atoms with E-state index in [-0.39, 0.29) is 18.1 Å². The second kappa shape index (κ2) is 8.16. The number of nitrogens with one attached hydrogen (secondary N) is 1. The maximum Gasteiger partial charge on any atom is 0.311 e. The number of anilines is 1. The van der Waals surface area contributed by atoms with Gasteiger partial charge in [-0.15, -0.1) is 11.3 Å². The van der Waals surface area contributed by atoms with E-state index < -0.39 is 4.92 Å². The van der Waals surface area contributed by atoms with E-state index in [0.29, 0.717) is 23.0 Å². The summed E-state index contributed by atoms with van der Waals surface area (Å²) in [6.45, 7) is 3.92. The molecule has 1 N–H and O–H groups in total. The Kier molecular flexibility index (Phi) is 5.96. The van der Waals surface area contributed by atoms with Gasteiger partial charge in [0, 0.05) is 23.1 Å². The van der Waals surface area contributed by atoms with Gasteiger partial charge < -0.3 is 4.74 Å². The Bertz CT molecular complexity index is 773. The smallest absolute Gasteiger partial charge is 0.311 e. The van der Waals surface area contributed by atoms with Crippen molar-refractivity contribution in [1.82, 2.24) is 4.98 Å². The number of hydrogen-bond donors (Lipinski definition) is 1. The first-order valence-corrected chi connectivity index (χ1v) is 8.01. The zero-order valence-corrected chi connectivity index (χ0v) is 14.0. The lowest BCUT2D eigenvalue weighted by Gasteiger charge is -2.00. The Morgan fingerprint density at radius 1 is 1.54 bits per heavy atom. The third-order valence-electron chi connectivity index (χ3n) is 3.02. The number of hydrazone groups is 1. The number of thiazole rings is 1. The van der Waals surface area contributed by atoms with E-state index in [4.69, 9.17) is 4.74 Å². The summed E-state index contributed by atoms with van der Waals surface area (Å²) in [7, 11) is 0. The van der Waals surface area contributed by atoms with Gasteiger partial charge in [0.15, 0.2) is 0 Å². The molecule has 0 amide bonds. The summed E-state index contributed by atoms with van der Waals surface area (Å²) >= 11 is 1.31. The van der Waals surface area contributed by atoms with Crippen LogP contribution in [0.3, 0.4) is 0 Å². The van der Waals surface area contributed by atoms with E-state index in [9.17, 15) is 14.9 Å². The highest BCUT2D eigenvalue weighted by atomic mass is 32.1. The van der Waals surface area contributed by atoms with Crippen molar-refractivity contribution < 1.29 is 14.5 Å². The van der Waals surface area contributed by atoms with Crippen molar-refractivity contribution in [2.75, 3.05) is 12.0 Å². The molecule has 0 bridgehead atoms. The molecular formula is C15H16N4O4S. The number of esters is 1. The van der Waals surface area contributed by atoms with Gasteiger partial charge in [-0.1, -0.05) is 6.07 Å². The van der Waals surface area contributed by atoms with Gasteiger partial charge in [0.1, 0.15) is 0 Å². The number of non-ortho nitro benzene ring substituents is 1. The molecule has 0 atom stereocenters. The Labute approximate surface area is 142 Å². The van der Waals surface area contributed by atoms with Gasteiger partial charge in [-0.2, -0.15) is 5.10 Å². The number of nitrogens with zero attached hydrogens (tertiary/aromatic N) is 3. The molecular weight excluding hydrogens is 332 g/mol. The van der Waals surface area contributed by atoms with Crippen LogP contribution in [0.4, 0.5) is 10.8 Å². The second-order valence-electron chi connectivity index (χ2n) is 4.79. The third kappa shape index (κ3) is 4.85. The van der Waals surface area contributed by atoms with Crippen LogP contribution in [0.25, 0.3) is 0 Å². The quantitative estimate of drug-likeness (QED) is 0.357. The summed E-state index contributed by atoms with van der Waals surface area (Å²) in [6, 6.07) is 4.57. The number of ether oxygens (including phenoxy) is 1. The standard InChI is InChI=1S/C15H16N4O4S/c1-3-23-14(20)7-12-9-24-15(17-12)18-16-8-11-6-13(19(21)22)5-4-10(11)2/h4-6,8-9H,3,7H2,1-2H3,(H,17,18). The molecule has 0 saturated carbocycles. The Balaban J connectivity index is 1.99. The highest BCUT2D eigenvalue weighted by Gasteiger charge is 2.09. The van der Waals surface area contributed by atoms with Crippen LogP contribution < -0.4 is 5.43 Å². The minimum Gasteiger partial charge on any atom is -0.466 e. The van der Waals surface area contributed by atoms with E-state index in [2.05, 4.69) is 15.5 Å². The first kappa shape index (κ1) is 17.5. The van der Waals surface area contributed by atoms with Crippen molar-refractivity contribution in [3.05, 3.63) is 50.5 Å². The lowest BCUT2D eigenvalue weighted by molar-refractivity contribution is -0.384. The largest absolute Gasteiger partial charge is 0.466 e. The molecule has 24 heavy (non-hydrogen) atoms. The number of nitro groups is 1. The summed E-state index contributed by atoms with van der Waals surface area (Å²) in [5.41, 5.74) is 4.86. The fourth-order valence-corrected chi connectivity index (χ4v) is 2.50. The molecule has 0 saturated heterocycles. The molecule has 0 spiro atoms. The highest BCUT2D eigenvalue weighted by molar-refractivity contribution is 7.13. The van der Waals surface area contributed by atoms with Crippen LogP contribution in [0.15, 0.2) is 28.7 Å². The molecule has 2 aromatic rings. The number of benzene rings is 1. The maximum absolute atomic E-state index is 11.4. The fourth-order valence-electron chi connectivity index (χ4n) is 1.84. The minimum absolute atomic E-state index is 0.00743. The molecule has 0 aliphatic rings. The summed E-state index contributed by atoms with van der Waals surface area (Å²) in [4.78, 5) is 25.9. The van der Waals surface area contributed by atoms with Crippen molar-refractivity contribution in [3.8, 4) is 0 Å². The molecule has 0 aliphatic heterocycles. The van der Waals surface area contributed by atoms with E-state index in [1.54, 1.807) is 18.4 Å². The van der Waals surface area contributed by atoms with Crippen LogP contribution in [0.1, 0.15) is 23.7 Å². The van der Waals surface area contributed by atoms with Gasteiger partial charge in [-0.3, -0.25) is 20.3 Å². The first-order chi connectivity index (χ1) is 11.5. The predicted molar refractivity (Wildman–Crippen MR) is 91.5 cm³/mol. The van der Waals surface area contributed by atoms with E-state index in [0.717, 1.165) is 5.56 Å². The third-order valence-corrected chi connectivity index (χ3v) is 3.82. The molecule has 0 unspecified atom stereocenters. The summed E-state index contributed by atoms with van der Waals surface area (Å²) < 4.78 is 4.86. The molecule has 8 nitrogen and oxygen atoms in total. The molecule has 126 valence electrons. The molecule has 0 aliphatic carbocycles. The SMILES string of the molecule is CCOC(=O)Cc1csc(NN=Cc2cc([N+](=O)[O-])ccc2C)n1. The van der Waals surface area contributed by atoms with Crippen LogP contribution in [-0.2, 0) is 16.0 Å². The number of hydrogen-bond acceptors (Lipinski definition) is 8. The highest BCUT2D eigenvalue weighted by Crippen LogP contribution is 2.17. The lowest BCUT2D eigenvalue weighted by Crippen LogP contribution is -2.07.